The Bertz CT molecular complexity index is 1430. The number of rotatable bonds is 10. The summed E-state index contributed by atoms with van der Waals surface area (Å²) < 4.78 is 17.4. The summed E-state index contributed by atoms with van der Waals surface area (Å²) in [6.45, 7) is 10.8. The molecule has 4 aromatic rings. The average Bonchev–Trinajstić information content (AvgIpc) is 3.54. The molecule has 0 saturated carbocycles. The molecule has 1 amide bonds. The Hall–Kier alpha value is -4.11. The highest BCUT2D eigenvalue weighted by Crippen LogP contribution is 2.40. The molecular weight excluding hydrogens is 526 g/mol. The monoisotopic (exact) mass is 561 g/mol. The molecule has 210 valence electrons. The van der Waals surface area contributed by atoms with Crippen LogP contribution in [0.2, 0.25) is 0 Å². The van der Waals surface area contributed by atoms with Crippen LogP contribution in [-0.4, -0.2) is 34.5 Å². The molecule has 0 fully saturated rings. The fraction of sp³-hybridized carbons (Fsp3) is 0.323. The highest BCUT2D eigenvalue weighted by molar-refractivity contribution is 7.20. The van der Waals surface area contributed by atoms with Gasteiger partial charge in [0, 0.05) is 0 Å². The molecule has 0 spiro atoms. The van der Waals surface area contributed by atoms with Crippen LogP contribution in [0.1, 0.15) is 62.2 Å². The topological polar surface area (TPSA) is 103 Å². The van der Waals surface area contributed by atoms with Gasteiger partial charge in [-0.1, -0.05) is 48.5 Å². The maximum absolute atomic E-state index is 13.7. The number of oxazole rings is 1. The minimum absolute atomic E-state index is 0.342. The molecule has 9 heteroatoms. The Balaban J connectivity index is 1.64. The molecular formula is C31H35N3O5S. The zero-order chi connectivity index (χ0) is 28.9. The van der Waals surface area contributed by atoms with Gasteiger partial charge in [0.05, 0.1) is 23.2 Å². The van der Waals surface area contributed by atoms with E-state index in [1.165, 1.54) is 17.6 Å². The van der Waals surface area contributed by atoms with E-state index >= 15 is 0 Å². The van der Waals surface area contributed by atoms with E-state index in [0.29, 0.717) is 33.4 Å². The molecule has 1 atom stereocenters. The third-order valence-corrected chi connectivity index (χ3v) is 7.21. The summed E-state index contributed by atoms with van der Waals surface area (Å²) in [7, 11) is 0. The number of nitrogens with one attached hydrogen (secondary N) is 2. The van der Waals surface area contributed by atoms with Gasteiger partial charge < -0.3 is 24.5 Å². The largest absolute Gasteiger partial charge is 0.484 e. The van der Waals surface area contributed by atoms with Crippen LogP contribution >= 0.6 is 11.3 Å². The van der Waals surface area contributed by atoms with Crippen molar-refractivity contribution in [3.63, 3.8) is 0 Å². The van der Waals surface area contributed by atoms with Crippen molar-refractivity contribution in [1.29, 1.82) is 0 Å². The molecule has 0 aliphatic heterocycles. The van der Waals surface area contributed by atoms with Crippen molar-refractivity contribution < 1.29 is 23.5 Å². The number of para-hydroxylation sites is 1. The second-order valence-electron chi connectivity index (χ2n) is 10.9. The van der Waals surface area contributed by atoms with Crippen molar-refractivity contribution >= 4 is 28.2 Å². The van der Waals surface area contributed by atoms with Gasteiger partial charge in [-0.15, -0.1) is 11.3 Å². The van der Waals surface area contributed by atoms with E-state index in [1.807, 2.05) is 67.6 Å². The summed E-state index contributed by atoms with van der Waals surface area (Å²) >= 11 is 1.36. The van der Waals surface area contributed by atoms with Crippen molar-refractivity contribution in [2.75, 3.05) is 11.9 Å². The smallest absolute Gasteiger partial charge is 0.331 e. The number of hydrogen-bond donors (Lipinski definition) is 2. The van der Waals surface area contributed by atoms with Crippen LogP contribution in [-0.2, 0) is 9.53 Å². The Morgan fingerprint density at radius 2 is 1.65 bits per heavy atom. The molecule has 0 bridgehead atoms. The van der Waals surface area contributed by atoms with Gasteiger partial charge in [-0.25, -0.2) is 9.78 Å². The predicted molar refractivity (Wildman–Crippen MR) is 157 cm³/mol. The summed E-state index contributed by atoms with van der Waals surface area (Å²) in [6.07, 6.45) is 2.71. The number of thiophene rings is 1. The molecule has 8 nitrogen and oxygen atoms in total. The van der Waals surface area contributed by atoms with Gasteiger partial charge in [-0.05, 0) is 64.8 Å². The molecule has 0 saturated heterocycles. The third kappa shape index (κ3) is 7.09. The van der Waals surface area contributed by atoms with Crippen molar-refractivity contribution in [2.45, 2.75) is 58.8 Å². The first-order valence-corrected chi connectivity index (χ1v) is 13.9. The maximum atomic E-state index is 13.7. The van der Waals surface area contributed by atoms with E-state index in [-0.39, 0.29) is 6.10 Å². The van der Waals surface area contributed by atoms with E-state index in [2.05, 4.69) is 15.6 Å². The van der Waals surface area contributed by atoms with Gasteiger partial charge in [0.15, 0.2) is 0 Å². The molecule has 0 radical (unpaired) electrons. The van der Waals surface area contributed by atoms with Crippen LogP contribution in [0.25, 0.3) is 10.8 Å². The lowest BCUT2D eigenvalue weighted by Gasteiger charge is -2.29. The second-order valence-corrected chi connectivity index (χ2v) is 11.9. The van der Waals surface area contributed by atoms with Gasteiger partial charge in [0.1, 0.15) is 34.3 Å². The first-order chi connectivity index (χ1) is 18.9. The van der Waals surface area contributed by atoms with Crippen LogP contribution in [0, 0.1) is 6.92 Å². The Labute approximate surface area is 238 Å². The molecule has 2 heterocycles. The van der Waals surface area contributed by atoms with E-state index in [4.69, 9.17) is 13.9 Å². The number of nitrogens with zero attached hydrogens (tertiary/aromatic N) is 1. The molecule has 0 aliphatic rings. The summed E-state index contributed by atoms with van der Waals surface area (Å²) in [5.74, 6) is 0.212. The number of esters is 1. The van der Waals surface area contributed by atoms with Crippen LogP contribution in [0.15, 0.2) is 77.5 Å². The molecule has 2 aromatic carbocycles. The average molecular weight is 562 g/mol. The third-order valence-electron chi connectivity index (χ3n) is 5.98. The number of ether oxygens (including phenoxy) is 2. The standard InChI is InChI=1S/C31H35N3O5S/c1-20-24(26(35)34-31(5,6)29(36)39-30(2,3)4)28(40-25(20)27-32-17-18-37-27)33-19-23(21-13-9-7-10-14-21)38-22-15-11-8-12-16-22/h7-18,23,33H,19H2,1-6H3,(H,34,35). The molecule has 2 N–H and O–H groups in total. The van der Waals surface area contributed by atoms with E-state index in [1.54, 1.807) is 40.8 Å². The first kappa shape index (κ1) is 28.9. The number of carbonyl (C=O) groups is 2. The van der Waals surface area contributed by atoms with Crippen LogP contribution in [0.3, 0.4) is 0 Å². The summed E-state index contributed by atoms with van der Waals surface area (Å²) in [6, 6.07) is 19.5. The van der Waals surface area contributed by atoms with E-state index in [0.717, 1.165) is 11.3 Å². The van der Waals surface area contributed by atoms with Crippen molar-refractivity contribution in [3.8, 4) is 16.5 Å². The number of anilines is 1. The normalized spacial score (nSPS) is 12.4. The van der Waals surface area contributed by atoms with Gasteiger partial charge >= 0.3 is 5.97 Å². The summed E-state index contributed by atoms with van der Waals surface area (Å²) in [5, 5.41) is 6.91. The van der Waals surface area contributed by atoms with E-state index < -0.39 is 23.0 Å². The van der Waals surface area contributed by atoms with Crippen LogP contribution in [0.4, 0.5) is 5.00 Å². The van der Waals surface area contributed by atoms with Gasteiger partial charge in [0.25, 0.3) is 5.91 Å². The Morgan fingerprint density at radius 1 is 1.00 bits per heavy atom. The highest BCUT2D eigenvalue weighted by Gasteiger charge is 2.36. The number of hydrogen-bond acceptors (Lipinski definition) is 8. The number of benzene rings is 2. The van der Waals surface area contributed by atoms with Crippen LogP contribution < -0.4 is 15.4 Å². The quantitative estimate of drug-likeness (QED) is 0.205. The highest BCUT2D eigenvalue weighted by atomic mass is 32.1. The molecule has 40 heavy (non-hydrogen) atoms. The van der Waals surface area contributed by atoms with Crippen molar-refractivity contribution in [2.24, 2.45) is 0 Å². The van der Waals surface area contributed by atoms with Gasteiger partial charge in [-0.3, -0.25) is 4.79 Å². The number of aromatic nitrogens is 1. The molecule has 4 rings (SSSR count). The number of amides is 1. The molecule has 2 aromatic heterocycles. The van der Waals surface area contributed by atoms with Crippen LogP contribution in [0.5, 0.6) is 5.75 Å². The second kappa shape index (κ2) is 12.0. The lowest BCUT2D eigenvalue weighted by Crippen LogP contribution is -2.52. The molecule has 0 aliphatic carbocycles. The first-order valence-electron chi connectivity index (χ1n) is 13.0. The summed E-state index contributed by atoms with van der Waals surface area (Å²) in [4.78, 5) is 31.6. The predicted octanol–water partition coefficient (Wildman–Crippen LogP) is 6.79. The fourth-order valence-corrected chi connectivity index (χ4v) is 5.15. The maximum Gasteiger partial charge on any atom is 0.331 e. The van der Waals surface area contributed by atoms with E-state index in [9.17, 15) is 9.59 Å². The Kier molecular flexibility index (Phi) is 8.64. The minimum atomic E-state index is -1.26. The fourth-order valence-electron chi connectivity index (χ4n) is 4.00. The number of carbonyl (C=O) groups excluding carboxylic acids is 2. The van der Waals surface area contributed by atoms with Crippen molar-refractivity contribution in [3.05, 3.63) is 89.8 Å². The molecule has 1 unspecified atom stereocenters. The zero-order valence-electron chi connectivity index (χ0n) is 23.6. The lowest BCUT2D eigenvalue weighted by molar-refractivity contribution is -0.161. The lowest BCUT2D eigenvalue weighted by atomic mass is 10.0. The minimum Gasteiger partial charge on any atom is -0.484 e. The SMILES string of the molecule is Cc1c(-c2ncco2)sc(NCC(Oc2ccccc2)c2ccccc2)c1C(=O)NC(C)(C)C(=O)OC(C)(C)C. The van der Waals surface area contributed by atoms with Gasteiger partial charge in [-0.2, -0.15) is 0 Å². The Morgan fingerprint density at radius 3 is 2.25 bits per heavy atom. The summed E-state index contributed by atoms with van der Waals surface area (Å²) in [5.41, 5.74) is 0.126. The van der Waals surface area contributed by atoms with Crippen molar-refractivity contribution in [1.82, 2.24) is 10.3 Å². The zero-order valence-corrected chi connectivity index (χ0v) is 24.4. The van der Waals surface area contributed by atoms with Gasteiger partial charge in [0.2, 0.25) is 5.89 Å².